The zero-order valence-corrected chi connectivity index (χ0v) is 85.1. The Balaban J connectivity index is 0.000000139. The van der Waals surface area contributed by atoms with E-state index in [-0.39, 0.29) is 16.2 Å². The maximum Gasteiger partial charge on any atom is 0.220 e. The molecular weight excluding hydrogens is 1530 g/mol. The summed E-state index contributed by atoms with van der Waals surface area (Å²) >= 11 is 0. The van der Waals surface area contributed by atoms with Crippen molar-refractivity contribution in [1.29, 1.82) is 0 Å². The van der Waals surface area contributed by atoms with Crippen molar-refractivity contribution in [2.24, 2.45) is 28.2 Å². The smallest absolute Gasteiger partial charge is 0.200 e. The molecule has 8 heteroatoms. The fourth-order valence-corrected chi connectivity index (χ4v) is 34.1. The molecule has 12 aromatic rings. The molecule has 4 nitrogen and oxygen atoms in total. The minimum absolute atomic E-state index is 0.106. The number of nitrogens with zero attached hydrogens (tertiary/aromatic N) is 4. The standard InChI is InChI=1S/C31H44NSi.C29H40NSi.C27H36NSi.C26H34NSi/c1-21-27(19-23(30(2,3)4)20-28(21)31(5,6)7)29-26-15-14-25(18-22(26)16-17-32(29)8)33(9,10)24-12-11-13-24;1-19(2)23-17-27(20(3)4)21(5)28(18-23)29-26-13-12-25(16-22(26)14-15-30(29)6)31(7,8)24-10-9-11-24;1-19-11-12-21(27(2,3)4)18-25(19)26-24-14-13-23(17-20(24)15-16-28(26)5)29(6,7)22-9-8-10-22;1-18(2)20-11-10-19(3)25(17-20)26-24-13-12-23(16-21(24)14-15-27(26)4)28(5,6)22-8-7-9-22/h14-20,24H,11-13H2,1-10H3;12-20,24H,9-11H2,1-8H3;11-18,22H,8-10H2,1-7H3;10-18,22H,7-9H2,1-6H3/q4*+1. The topological polar surface area (TPSA) is 15.5 Å². The molecule has 0 N–H and O–H groups in total. The number of rotatable bonds is 15. The van der Waals surface area contributed by atoms with E-state index in [1.165, 1.54) is 221 Å². The molecule has 4 aromatic heterocycles. The molecule has 4 aliphatic carbocycles. The van der Waals surface area contributed by atoms with Gasteiger partial charge in [0.15, 0.2) is 24.8 Å². The third kappa shape index (κ3) is 18.4. The lowest BCUT2D eigenvalue weighted by atomic mass is 9.76. The molecule has 0 radical (unpaired) electrons. The number of pyridine rings is 4. The van der Waals surface area contributed by atoms with E-state index in [1.807, 2.05) is 0 Å². The first kappa shape index (κ1) is 91.0. The number of fused-ring (bicyclic) bond motifs is 4. The summed E-state index contributed by atoms with van der Waals surface area (Å²) in [4.78, 5) is 0. The number of aromatic nitrogens is 4. The molecule has 0 atom stereocenters. The Morgan fingerprint density at radius 2 is 0.587 bits per heavy atom. The Labute approximate surface area is 737 Å². The molecule has 4 fully saturated rings. The monoisotopic (exact) mass is 1680 g/mol. The summed E-state index contributed by atoms with van der Waals surface area (Å²) < 4.78 is 9.25. The van der Waals surface area contributed by atoms with Gasteiger partial charge in [0.2, 0.25) is 22.8 Å². The van der Waals surface area contributed by atoms with E-state index in [0.717, 1.165) is 22.2 Å². The summed E-state index contributed by atoms with van der Waals surface area (Å²) in [5.74, 6) is 1.59. The summed E-state index contributed by atoms with van der Waals surface area (Å²) in [6.45, 7) is 64.4. The first-order valence-corrected chi connectivity index (χ1v) is 59.3. The molecule has 4 aliphatic rings. The van der Waals surface area contributed by atoms with Gasteiger partial charge in [-0.2, -0.15) is 0 Å². The number of hydrogen-bond donors (Lipinski definition) is 0. The third-order valence-corrected chi connectivity index (χ3v) is 48.6. The Morgan fingerprint density at radius 3 is 0.884 bits per heavy atom. The van der Waals surface area contributed by atoms with Gasteiger partial charge in [-0.15, -0.1) is 0 Å². The van der Waals surface area contributed by atoms with E-state index < -0.39 is 32.3 Å². The molecule has 16 rings (SSSR count). The minimum Gasteiger partial charge on any atom is -0.200 e. The predicted octanol–water partition coefficient (Wildman–Crippen LogP) is 27.7. The molecule has 4 saturated carbocycles. The highest BCUT2D eigenvalue weighted by Crippen LogP contribution is 2.47. The van der Waals surface area contributed by atoms with E-state index in [9.17, 15) is 0 Å². The van der Waals surface area contributed by atoms with Crippen molar-refractivity contribution >= 4 is 96.1 Å². The highest BCUT2D eigenvalue weighted by molar-refractivity contribution is 6.92. The van der Waals surface area contributed by atoms with E-state index >= 15 is 0 Å². The van der Waals surface area contributed by atoms with Crippen molar-refractivity contribution in [3.8, 4) is 45.0 Å². The van der Waals surface area contributed by atoms with Gasteiger partial charge in [0, 0.05) is 35.4 Å². The minimum atomic E-state index is -1.41. The van der Waals surface area contributed by atoms with E-state index in [1.54, 1.807) is 20.7 Å². The summed E-state index contributed by atoms with van der Waals surface area (Å²) in [7, 11) is 3.22. The van der Waals surface area contributed by atoms with Gasteiger partial charge in [-0.3, -0.25) is 0 Å². The van der Waals surface area contributed by atoms with Crippen molar-refractivity contribution in [2.45, 2.75) is 317 Å². The fourth-order valence-electron chi connectivity index (χ4n) is 20.6. The molecule has 0 spiro atoms. The number of benzene rings is 8. The molecule has 0 unspecified atom stereocenters. The SMILES string of the molecule is Cc1c(-c2c3ccc([Si](C)(C)C4CCC4)cc3cc[n+]2C)cc(C(C)(C)C)cc1C(C)(C)C.Cc1c(-c2c3ccc([Si](C)(C)C4CCC4)cc3cc[n+]2C)cc(C(C)C)cc1C(C)C.Cc1ccc(C(C)(C)C)cc1-c1c2ccc([Si](C)(C)C3CCC3)cc2cc[n+]1C.Cc1ccc(C(C)C)cc1-c1c2ccc([Si](C)(C)C3CCC3)cc2cc[n+]1C. The van der Waals surface area contributed by atoms with Crippen LogP contribution in [0.2, 0.25) is 74.5 Å². The summed E-state index contributed by atoms with van der Waals surface area (Å²) in [5, 5.41) is 17.5. The average molecular weight is 1680 g/mol. The zero-order valence-electron chi connectivity index (χ0n) is 81.1. The molecule has 0 aliphatic heterocycles. The van der Waals surface area contributed by atoms with Crippen molar-refractivity contribution in [2.75, 3.05) is 0 Å². The van der Waals surface area contributed by atoms with Crippen LogP contribution in [0, 0.1) is 27.7 Å². The van der Waals surface area contributed by atoms with Gasteiger partial charge in [0.05, 0.1) is 65.0 Å². The second-order valence-corrected chi connectivity index (χ2v) is 63.9. The third-order valence-electron chi connectivity index (χ3n) is 30.9. The quantitative estimate of drug-likeness (QED) is 0.0718. The lowest BCUT2D eigenvalue weighted by Gasteiger charge is -2.39. The van der Waals surface area contributed by atoms with Gasteiger partial charge in [-0.05, 0) is 210 Å². The molecule has 638 valence electrons. The van der Waals surface area contributed by atoms with Crippen LogP contribution in [-0.4, -0.2) is 32.3 Å². The lowest BCUT2D eigenvalue weighted by Crippen LogP contribution is -2.48. The van der Waals surface area contributed by atoms with Crippen LogP contribution in [0.1, 0.15) is 254 Å². The highest BCUT2D eigenvalue weighted by Gasteiger charge is 2.42. The fraction of sp³-hybridized carbons (Fsp3) is 0.469. The Kier molecular flexibility index (Phi) is 26.3. The zero-order chi connectivity index (χ0) is 87.9. The summed E-state index contributed by atoms with van der Waals surface area (Å²) in [6.07, 6.45) is 26.2. The Morgan fingerprint density at radius 1 is 0.289 bits per heavy atom. The average Bonchev–Trinajstić information content (AvgIpc) is 0.733. The van der Waals surface area contributed by atoms with Crippen LogP contribution in [0.15, 0.2) is 183 Å². The second-order valence-electron chi connectivity index (χ2n) is 44.5. The number of aryl methyl sites for hydroxylation is 6. The van der Waals surface area contributed by atoms with Crippen LogP contribution in [0.5, 0.6) is 0 Å². The van der Waals surface area contributed by atoms with Crippen molar-refractivity contribution in [1.82, 2.24) is 0 Å². The normalized spacial score (nSPS) is 15.4. The molecule has 8 aromatic carbocycles. The first-order valence-electron chi connectivity index (χ1n) is 46.9. The molecule has 4 heterocycles. The van der Waals surface area contributed by atoms with Gasteiger partial charge in [0.25, 0.3) is 0 Å². The second kappa shape index (κ2) is 35.0. The van der Waals surface area contributed by atoms with Gasteiger partial charge in [0.1, 0.15) is 28.2 Å². The van der Waals surface area contributed by atoms with E-state index in [2.05, 4.69) is 413 Å². The molecular formula is C113H154N4Si4+4. The Hall–Kier alpha value is -7.73. The molecule has 0 saturated heterocycles. The van der Waals surface area contributed by atoms with Crippen molar-refractivity contribution in [3.63, 3.8) is 0 Å². The maximum atomic E-state index is 2.58. The van der Waals surface area contributed by atoms with Crippen molar-refractivity contribution < 1.29 is 18.3 Å². The molecule has 121 heavy (non-hydrogen) atoms. The van der Waals surface area contributed by atoms with Crippen molar-refractivity contribution in [3.05, 3.63) is 238 Å². The van der Waals surface area contributed by atoms with Crippen LogP contribution < -0.4 is 39.0 Å². The van der Waals surface area contributed by atoms with E-state index in [0.29, 0.717) is 17.8 Å². The van der Waals surface area contributed by atoms with Gasteiger partial charge in [-0.25, -0.2) is 18.3 Å². The highest BCUT2D eigenvalue weighted by atomic mass is 28.3. The van der Waals surface area contributed by atoms with Gasteiger partial charge < -0.3 is 0 Å². The lowest BCUT2D eigenvalue weighted by molar-refractivity contribution is -0.659. The molecule has 0 bridgehead atoms. The maximum absolute atomic E-state index is 2.58. The predicted molar refractivity (Wildman–Crippen MR) is 538 cm³/mol. The largest absolute Gasteiger partial charge is 0.220 e. The van der Waals surface area contributed by atoms with Crippen LogP contribution in [0.25, 0.3) is 88.1 Å². The molecule has 0 amide bonds. The van der Waals surface area contributed by atoms with Crippen LogP contribution in [0.4, 0.5) is 0 Å². The van der Waals surface area contributed by atoms with Crippen LogP contribution in [0.3, 0.4) is 0 Å². The summed E-state index contributed by atoms with van der Waals surface area (Å²) in [5.41, 5.74) is 29.2. The van der Waals surface area contributed by atoms with E-state index in [4.69, 9.17) is 0 Å². The van der Waals surface area contributed by atoms with Gasteiger partial charge >= 0.3 is 0 Å². The van der Waals surface area contributed by atoms with Crippen LogP contribution >= 0.6 is 0 Å². The van der Waals surface area contributed by atoms with Crippen LogP contribution in [-0.2, 0) is 44.4 Å². The Bertz CT molecular complexity index is 5850. The number of hydrogen-bond acceptors (Lipinski definition) is 0. The summed E-state index contributed by atoms with van der Waals surface area (Å²) in [6, 6.07) is 62.5. The van der Waals surface area contributed by atoms with Gasteiger partial charge in [-0.1, -0.05) is 339 Å². The first-order chi connectivity index (χ1) is 56.7.